The maximum Gasteiger partial charge on any atom is 0.0168 e. The molecule has 1 rings (SSSR count). The van der Waals surface area contributed by atoms with E-state index < -0.39 is 0 Å². The first-order chi connectivity index (χ1) is 5.72. The fraction of sp³-hybridized carbons (Fsp3) is 1.00. The van der Waals surface area contributed by atoms with Crippen LogP contribution in [0.1, 0.15) is 33.1 Å². The summed E-state index contributed by atoms with van der Waals surface area (Å²) in [5, 5.41) is 0. The van der Waals surface area contributed by atoms with E-state index in [4.69, 9.17) is 5.73 Å². The van der Waals surface area contributed by atoms with Crippen LogP contribution in [0.3, 0.4) is 0 Å². The molecule has 2 nitrogen and oxygen atoms in total. The van der Waals surface area contributed by atoms with Crippen LogP contribution >= 0.6 is 0 Å². The number of nitrogens with two attached hydrogens (primary N) is 1. The standard InChI is InChI=1S/C10H22N2/c1-3-9(2)7-12-6-4-5-10(11)8-12/h9-10H,3-8,11H2,1-2H3. The Hall–Kier alpha value is -0.0800. The van der Waals surface area contributed by atoms with Crippen LogP contribution in [0.25, 0.3) is 0 Å². The number of piperidine rings is 1. The van der Waals surface area contributed by atoms with Crippen molar-refractivity contribution in [3.05, 3.63) is 0 Å². The average molecular weight is 170 g/mol. The molecule has 0 aromatic heterocycles. The summed E-state index contributed by atoms with van der Waals surface area (Å²) in [6.45, 7) is 8.20. The van der Waals surface area contributed by atoms with Crippen molar-refractivity contribution in [1.29, 1.82) is 0 Å². The summed E-state index contributed by atoms with van der Waals surface area (Å²) in [7, 11) is 0. The molecule has 2 unspecified atom stereocenters. The van der Waals surface area contributed by atoms with Crippen molar-refractivity contribution in [3.8, 4) is 0 Å². The Bertz CT molecular complexity index is 125. The van der Waals surface area contributed by atoms with E-state index in [0.717, 1.165) is 12.5 Å². The maximum atomic E-state index is 5.90. The van der Waals surface area contributed by atoms with Gasteiger partial charge >= 0.3 is 0 Å². The van der Waals surface area contributed by atoms with E-state index in [1.54, 1.807) is 0 Å². The Morgan fingerprint density at radius 3 is 2.92 bits per heavy atom. The first-order valence-corrected chi connectivity index (χ1v) is 5.20. The van der Waals surface area contributed by atoms with Gasteiger partial charge in [0.1, 0.15) is 0 Å². The molecule has 1 saturated heterocycles. The topological polar surface area (TPSA) is 29.3 Å². The smallest absolute Gasteiger partial charge is 0.0168 e. The summed E-state index contributed by atoms with van der Waals surface area (Å²) in [5.74, 6) is 0.829. The minimum atomic E-state index is 0.433. The molecule has 72 valence electrons. The van der Waals surface area contributed by atoms with Crippen molar-refractivity contribution in [1.82, 2.24) is 4.90 Å². The van der Waals surface area contributed by atoms with E-state index in [2.05, 4.69) is 18.7 Å². The summed E-state index contributed by atoms with van der Waals surface area (Å²) >= 11 is 0. The van der Waals surface area contributed by atoms with Gasteiger partial charge in [-0.2, -0.15) is 0 Å². The lowest BCUT2D eigenvalue weighted by Gasteiger charge is -2.32. The molecule has 0 aromatic carbocycles. The van der Waals surface area contributed by atoms with Crippen molar-refractivity contribution >= 4 is 0 Å². The van der Waals surface area contributed by atoms with Gasteiger partial charge < -0.3 is 10.6 Å². The van der Waals surface area contributed by atoms with E-state index in [1.165, 1.54) is 32.4 Å². The first kappa shape index (κ1) is 10.0. The second-order valence-electron chi connectivity index (χ2n) is 4.18. The molecule has 0 saturated carbocycles. The number of hydrogen-bond donors (Lipinski definition) is 1. The van der Waals surface area contributed by atoms with Crippen molar-refractivity contribution in [2.45, 2.75) is 39.2 Å². The van der Waals surface area contributed by atoms with Crippen molar-refractivity contribution in [3.63, 3.8) is 0 Å². The lowest BCUT2D eigenvalue weighted by Crippen LogP contribution is -2.44. The molecule has 0 amide bonds. The molecule has 0 aromatic rings. The predicted molar refractivity (Wildman–Crippen MR) is 53.1 cm³/mol. The van der Waals surface area contributed by atoms with Gasteiger partial charge in [0.15, 0.2) is 0 Å². The number of likely N-dealkylation sites (tertiary alicyclic amines) is 1. The highest BCUT2D eigenvalue weighted by Gasteiger charge is 2.17. The van der Waals surface area contributed by atoms with E-state index in [9.17, 15) is 0 Å². The van der Waals surface area contributed by atoms with Gasteiger partial charge in [0.25, 0.3) is 0 Å². The molecule has 2 atom stereocenters. The monoisotopic (exact) mass is 170 g/mol. The quantitative estimate of drug-likeness (QED) is 0.694. The third-order valence-corrected chi connectivity index (χ3v) is 2.81. The maximum absolute atomic E-state index is 5.90. The molecule has 12 heavy (non-hydrogen) atoms. The van der Waals surface area contributed by atoms with Gasteiger partial charge in [-0.15, -0.1) is 0 Å². The summed E-state index contributed by atoms with van der Waals surface area (Å²) in [4.78, 5) is 2.52. The average Bonchev–Trinajstić information content (AvgIpc) is 2.04. The van der Waals surface area contributed by atoms with Crippen LogP contribution in [0.15, 0.2) is 0 Å². The predicted octanol–water partition coefficient (Wildman–Crippen LogP) is 1.46. The molecule has 1 heterocycles. The third-order valence-electron chi connectivity index (χ3n) is 2.81. The highest BCUT2D eigenvalue weighted by Crippen LogP contribution is 2.11. The van der Waals surface area contributed by atoms with E-state index in [1.807, 2.05) is 0 Å². The number of rotatable bonds is 3. The van der Waals surface area contributed by atoms with Crippen LogP contribution in [0.5, 0.6) is 0 Å². The minimum absolute atomic E-state index is 0.433. The Labute approximate surface area is 76.1 Å². The summed E-state index contributed by atoms with van der Waals surface area (Å²) in [5.41, 5.74) is 5.90. The van der Waals surface area contributed by atoms with E-state index in [0.29, 0.717) is 6.04 Å². The highest BCUT2D eigenvalue weighted by atomic mass is 15.1. The Morgan fingerprint density at radius 1 is 1.58 bits per heavy atom. The molecular weight excluding hydrogens is 148 g/mol. The molecular formula is C10H22N2. The van der Waals surface area contributed by atoms with Gasteiger partial charge in [-0.1, -0.05) is 20.3 Å². The molecule has 0 bridgehead atoms. The molecule has 0 aliphatic carbocycles. The molecule has 1 aliphatic heterocycles. The number of hydrogen-bond acceptors (Lipinski definition) is 2. The zero-order chi connectivity index (χ0) is 8.97. The zero-order valence-electron chi connectivity index (χ0n) is 8.42. The second kappa shape index (κ2) is 4.83. The normalized spacial score (nSPS) is 28.8. The van der Waals surface area contributed by atoms with E-state index in [-0.39, 0.29) is 0 Å². The SMILES string of the molecule is CCC(C)CN1CCCC(N)C1. The van der Waals surface area contributed by atoms with Crippen molar-refractivity contribution in [2.75, 3.05) is 19.6 Å². The lowest BCUT2D eigenvalue weighted by atomic mass is 10.0. The lowest BCUT2D eigenvalue weighted by molar-refractivity contribution is 0.183. The molecule has 0 spiro atoms. The van der Waals surface area contributed by atoms with Crippen LogP contribution in [-0.4, -0.2) is 30.6 Å². The Kier molecular flexibility index (Phi) is 4.02. The van der Waals surface area contributed by atoms with Gasteiger partial charge in [-0.25, -0.2) is 0 Å². The van der Waals surface area contributed by atoms with Crippen LogP contribution in [0.2, 0.25) is 0 Å². The van der Waals surface area contributed by atoms with Gasteiger partial charge in [-0.05, 0) is 25.3 Å². The molecule has 1 aliphatic rings. The van der Waals surface area contributed by atoms with Crippen molar-refractivity contribution in [2.24, 2.45) is 11.7 Å². The Balaban J connectivity index is 2.22. The zero-order valence-corrected chi connectivity index (χ0v) is 8.42. The van der Waals surface area contributed by atoms with Gasteiger partial charge in [0, 0.05) is 19.1 Å². The van der Waals surface area contributed by atoms with Crippen LogP contribution in [-0.2, 0) is 0 Å². The van der Waals surface area contributed by atoms with Gasteiger partial charge in [-0.3, -0.25) is 0 Å². The molecule has 0 radical (unpaired) electrons. The molecule has 2 N–H and O–H groups in total. The summed E-state index contributed by atoms with van der Waals surface area (Å²) in [6, 6.07) is 0.433. The largest absolute Gasteiger partial charge is 0.327 e. The van der Waals surface area contributed by atoms with Crippen molar-refractivity contribution < 1.29 is 0 Å². The first-order valence-electron chi connectivity index (χ1n) is 5.20. The number of nitrogens with zero attached hydrogens (tertiary/aromatic N) is 1. The van der Waals surface area contributed by atoms with Gasteiger partial charge in [0.2, 0.25) is 0 Å². The molecule has 2 heteroatoms. The summed E-state index contributed by atoms with van der Waals surface area (Å²) in [6.07, 6.45) is 3.79. The fourth-order valence-corrected chi connectivity index (χ4v) is 1.83. The summed E-state index contributed by atoms with van der Waals surface area (Å²) < 4.78 is 0. The Morgan fingerprint density at radius 2 is 2.33 bits per heavy atom. The highest BCUT2D eigenvalue weighted by molar-refractivity contribution is 4.75. The van der Waals surface area contributed by atoms with Crippen LogP contribution in [0.4, 0.5) is 0 Å². The fourth-order valence-electron chi connectivity index (χ4n) is 1.83. The molecule has 1 fully saturated rings. The van der Waals surface area contributed by atoms with Crippen LogP contribution < -0.4 is 5.73 Å². The van der Waals surface area contributed by atoms with Gasteiger partial charge in [0.05, 0.1) is 0 Å². The minimum Gasteiger partial charge on any atom is -0.327 e. The second-order valence-corrected chi connectivity index (χ2v) is 4.18. The van der Waals surface area contributed by atoms with E-state index >= 15 is 0 Å². The third kappa shape index (κ3) is 3.11. The van der Waals surface area contributed by atoms with Crippen LogP contribution in [0, 0.1) is 5.92 Å².